The first-order valence-corrected chi connectivity index (χ1v) is 7.11. The Bertz CT molecular complexity index is 370. The monoisotopic (exact) mass is 250 g/mol. The molecular weight excluding hydrogens is 228 g/mol. The standard InChI is InChI=1S/C14H22N2S/c1-12-5-4-6-13(11-12)17-14(2,3)16-9-7-15-8-10-16/h4-6,11,15H,7-10H2,1-3H3. The van der Waals surface area contributed by atoms with Crippen molar-refractivity contribution >= 4 is 11.8 Å². The van der Waals surface area contributed by atoms with Crippen molar-refractivity contribution in [2.45, 2.75) is 30.5 Å². The normalized spacial score (nSPS) is 18.3. The SMILES string of the molecule is Cc1cccc(SC(C)(C)N2CCNCC2)c1. The molecule has 0 atom stereocenters. The molecule has 1 aliphatic heterocycles. The smallest absolute Gasteiger partial charge is 0.0660 e. The van der Waals surface area contributed by atoms with E-state index >= 15 is 0 Å². The number of hydrogen-bond acceptors (Lipinski definition) is 3. The van der Waals surface area contributed by atoms with Crippen molar-refractivity contribution in [1.82, 2.24) is 10.2 Å². The topological polar surface area (TPSA) is 15.3 Å². The molecule has 94 valence electrons. The highest BCUT2D eigenvalue weighted by Crippen LogP contribution is 2.35. The first-order valence-electron chi connectivity index (χ1n) is 6.29. The molecule has 0 saturated carbocycles. The number of aryl methyl sites for hydroxylation is 1. The van der Waals surface area contributed by atoms with Gasteiger partial charge in [0.05, 0.1) is 4.87 Å². The molecule has 3 heteroatoms. The van der Waals surface area contributed by atoms with Gasteiger partial charge in [-0.3, -0.25) is 4.90 Å². The maximum Gasteiger partial charge on any atom is 0.0660 e. The molecule has 0 aliphatic carbocycles. The van der Waals surface area contributed by atoms with Gasteiger partial charge in [-0.15, -0.1) is 11.8 Å². The van der Waals surface area contributed by atoms with Crippen molar-refractivity contribution in [3.8, 4) is 0 Å². The van der Waals surface area contributed by atoms with Crippen LogP contribution in [0.3, 0.4) is 0 Å². The van der Waals surface area contributed by atoms with Crippen molar-refractivity contribution in [2.24, 2.45) is 0 Å². The largest absolute Gasteiger partial charge is 0.314 e. The van der Waals surface area contributed by atoms with E-state index in [1.807, 2.05) is 11.8 Å². The summed E-state index contributed by atoms with van der Waals surface area (Å²) < 4.78 is 0. The summed E-state index contributed by atoms with van der Waals surface area (Å²) in [4.78, 5) is 4.11. The molecule has 1 aromatic rings. The molecule has 1 aliphatic rings. The Labute approximate surface area is 109 Å². The van der Waals surface area contributed by atoms with Crippen molar-refractivity contribution in [2.75, 3.05) is 26.2 Å². The molecule has 1 saturated heterocycles. The predicted molar refractivity (Wildman–Crippen MR) is 75.6 cm³/mol. The first-order chi connectivity index (χ1) is 8.08. The summed E-state index contributed by atoms with van der Waals surface area (Å²) >= 11 is 1.96. The van der Waals surface area contributed by atoms with E-state index in [0.29, 0.717) is 0 Å². The van der Waals surface area contributed by atoms with Gasteiger partial charge in [-0.2, -0.15) is 0 Å². The zero-order valence-electron chi connectivity index (χ0n) is 11.0. The fourth-order valence-electron chi connectivity index (χ4n) is 2.24. The van der Waals surface area contributed by atoms with E-state index in [1.165, 1.54) is 10.5 Å². The Morgan fingerprint density at radius 2 is 1.94 bits per heavy atom. The van der Waals surface area contributed by atoms with E-state index < -0.39 is 0 Å². The molecule has 1 fully saturated rings. The van der Waals surface area contributed by atoms with E-state index in [9.17, 15) is 0 Å². The molecule has 0 unspecified atom stereocenters. The summed E-state index contributed by atoms with van der Waals surface area (Å²) in [5.74, 6) is 0. The number of nitrogens with one attached hydrogen (secondary N) is 1. The Morgan fingerprint density at radius 1 is 1.24 bits per heavy atom. The molecule has 1 N–H and O–H groups in total. The van der Waals surface area contributed by atoms with Gasteiger partial charge in [0.15, 0.2) is 0 Å². The molecule has 0 bridgehead atoms. The lowest BCUT2D eigenvalue weighted by atomic mass is 10.2. The van der Waals surface area contributed by atoms with Crippen LogP contribution in [0.2, 0.25) is 0 Å². The number of hydrogen-bond donors (Lipinski definition) is 1. The molecule has 0 amide bonds. The van der Waals surface area contributed by atoms with Crippen LogP contribution in [-0.4, -0.2) is 35.9 Å². The van der Waals surface area contributed by atoms with Gasteiger partial charge in [0.25, 0.3) is 0 Å². The number of piperazine rings is 1. The zero-order chi connectivity index (χ0) is 12.3. The number of rotatable bonds is 3. The van der Waals surface area contributed by atoms with Crippen LogP contribution in [0.15, 0.2) is 29.2 Å². The molecule has 2 nitrogen and oxygen atoms in total. The predicted octanol–water partition coefficient (Wildman–Crippen LogP) is 2.73. The lowest BCUT2D eigenvalue weighted by Crippen LogP contribution is -2.51. The van der Waals surface area contributed by atoms with Gasteiger partial charge in [-0.25, -0.2) is 0 Å². The Morgan fingerprint density at radius 3 is 2.59 bits per heavy atom. The lowest BCUT2D eigenvalue weighted by Gasteiger charge is -2.40. The molecule has 0 radical (unpaired) electrons. The van der Waals surface area contributed by atoms with Crippen molar-refractivity contribution < 1.29 is 0 Å². The number of thioether (sulfide) groups is 1. The van der Waals surface area contributed by atoms with Crippen LogP contribution in [0, 0.1) is 6.92 Å². The van der Waals surface area contributed by atoms with Gasteiger partial charge in [0.2, 0.25) is 0 Å². The van der Waals surface area contributed by atoms with Gasteiger partial charge in [-0.1, -0.05) is 17.7 Å². The first kappa shape index (κ1) is 12.9. The summed E-state index contributed by atoms with van der Waals surface area (Å²) in [6.45, 7) is 11.3. The Kier molecular flexibility index (Phi) is 4.13. The van der Waals surface area contributed by atoms with Gasteiger partial charge in [-0.05, 0) is 32.9 Å². The fourth-order valence-corrected chi connectivity index (χ4v) is 3.52. The van der Waals surface area contributed by atoms with E-state index in [-0.39, 0.29) is 4.87 Å². The van der Waals surface area contributed by atoms with Crippen LogP contribution in [0.5, 0.6) is 0 Å². The third-order valence-corrected chi connectivity index (χ3v) is 4.48. The maximum atomic E-state index is 3.41. The quantitative estimate of drug-likeness (QED) is 0.830. The molecule has 2 rings (SSSR count). The molecule has 17 heavy (non-hydrogen) atoms. The van der Waals surface area contributed by atoms with Crippen LogP contribution in [0.1, 0.15) is 19.4 Å². The highest BCUT2D eigenvalue weighted by atomic mass is 32.2. The van der Waals surface area contributed by atoms with E-state index in [4.69, 9.17) is 0 Å². The molecule has 1 heterocycles. The van der Waals surface area contributed by atoms with Crippen LogP contribution in [-0.2, 0) is 0 Å². The second-order valence-corrected chi connectivity index (χ2v) is 6.78. The highest BCUT2D eigenvalue weighted by molar-refractivity contribution is 8.00. The minimum absolute atomic E-state index is 0.176. The summed E-state index contributed by atoms with van der Waals surface area (Å²) in [5, 5.41) is 3.41. The maximum absolute atomic E-state index is 3.41. The average Bonchev–Trinajstić information content (AvgIpc) is 2.29. The summed E-state index contributed by atoms with van der Waals surface area (Å²) in [6.07, 6.45) is 0. The van der Waals surface area contributed by atoms with Gasteiger partial charge < -0.3 is 5.32 Å². The van der Waals surface area contributed by atoms with Crippen molar-refractivity contribution in [3.05, 3.63) is 29.8 Å². The minimum atomic E-state index is 0.176. The lowest BCUT2D eigenvalue weighted by molar-refractivity contribution is 0.172. The fraction of sp³-hybridized carbons (Fsp3) is 0.571. The second kappa shape index (κ2) is 5.42. The van der Waals surface area contributed by atoms with Crippen LogP contribution in [0.4, 0.5) is 0 Å². The van der Waals surface area contributed by atoms with Crippen molar-refractivity contribution in [1.29, 1.82) is 0 Å². The van der Waals surface area contributed by atoms with Crippen molar-refractivity contribution in [3.63, 3.8) is 0 Å². The van der Waals surface area contributed by atoms with Gasteiger partial charge in [0, 0.05) is 31.1 Å². The Hall–Kier alpha value is -0.510. The van der Waals surface area contributed by atoms with E-state index in [1.54, 1.807) is 0 Å². The number of nitrogens with zero attached hydrogens (tertiary/aromatic N) is 1. The molecule has 0 spiro atoms. The third kappa shape index (κ3) is 3.47. The van der Waals surface area contributed by atoms with Crippen LogP contribution >= 0.6 is 11.8 Å². The average molecular weight is 250 g/mol. The number of benzene rings is 1. The molecule has 0 aromatic heterocycles. The van der Waals surface area contributed by atoms with Gasteiger partial charge in [0.1, 0.15) is 0 Å². The summed E-state index contributed by atoms with van der Waals surface area (Å²) in [5.41, 5.74) is 1.34. The summed E-state index contributed by atoms with van der Waals surface area (Å²) in [6, 6.07) is 8.78. The molecular formula is C14H22N2S. The van der Waals surface area contributed by atoms with E-state index in [2.05, 4.69) is 55.3 Å². The van der Waals surface area contributed by atoms with Gasteiger partial charge >= 0.3 is 0 Å². The summed E-state index contributed by atoms with van der Waals surface area (Å²) in [7, 11) is 0. The minimum Gasteiger partial charge on any atom is -0.314 e. The van der Waals surface area contributed by atoms with E-state index in [0.717, 1.165) is 26.2 Å². The van der Waals surface area contributed by atoms with Crippen LogP contribution < -0.4 is 5.32 Å². The second-order valence-electron chi connectivity index (χ2n) is 5.10. The zero-order valence-corrected chi connectivity index (χ0v) is 11.8. The highest BCUT2D eigenvalue weighted by Gasteiger charge is 2.28. The third-order valence-electron chi connectivity index (χ3n) is 3.24. The molecule has 1 aromatic carbocycles. The van der Waals surface area contributed by atoms with Crippen LogP contribution in [0.25, 0.3) is 0 Å². The Balaban J connectivity index is 2.05.